The van der Waals surface area contributed by atoms with Gasteiger partial charge < -0.3 is 10.0 Å². The first-order chi connectivity index (χ1) is 10.6. The summed E-state index contributed by atoms with van der Waals surface area (Å²) in [5.41, 5.74) is 2.29. The molecule has 1 aromatic carbocycles. The third kappa shape index (κ3) is 2.46. The third-order valence-electron chi connectivity index (χ3n) is 3.24. The summed E-state index contributed by atoms with van der Waals surface area (Å²) in [7, 11) is 3.92. The van der Waals surface area contributed by atoms with Gasteiger partial charge in [-0.3, -0.25) is 0 Å². The van der Waals surface area contributed by atoms with Crippen LogP contribution in [0.4, 0.5) is 5.69 Å². The van der Waals surface area contributed by atoms with Gasteiger partial charge in [0.05, 0.1) is 10.6 Å². The second kappa shape index (κ2) is 5.61. The van der Waals surface area contributed by atoms with Crippen LogP contribution in [-0.4, -0.2) is 40.2 Å². The van der Waals surface area contributed by atoms with Gasteiger partial charge in [0.15, 0.2) is 5.69 Å². The zero-order chi connectivity index (χ0) is 15.7. The van der Waals surface area contributed by atoms with Crippen LogP contribution in [0, 0.1) is 0 Å². The highest BCUT2D eigenvalue weighted by Gasteiger charge is 2.22. The van der Waals surface area contributed by atoms with E-state index in [0.717, 1.165) is 16.3 Å². The van der Waals surface area contributed by atoms with Crippen molar-refractivity contribution in [3.05, 3.63) is 47.5 Å². The summed E-state index contributed by atoms with van der Waals surface area (Å²) in [4.78, 5) is 14.2. The number of rotatable bonds is 4. The highest BCUT2D eigenvalue weighted by Crippen LogP contribution is 2.29. The molecule has 0 aliphatic heterocycles. The Balaban J connectivity index is 2.13. The van der Waals surface area contributed by atoms with Crippen molar-refractivity contribution in [1.29, 1.82) is 0 Å². The average molecular weight is 314 g/mol. The molecule has 112 valence electrons. The molecule has 0 saturated heterocycles. The summed E-state index contributed by atoms with van der Waals surface area (Å²) >= 11 is 1.46. The number of hydrogen-bond donors (Lipinski definition) is 1. The van der Waals surface area contributed by atoms with Crippen LogP contribution < -0.4 is 4.90 Å². The molecule has 3 rings (SSSR count). The van der Waals surface area contributed by atoms with Gasteiger partial charge in [-0.05, 0) is 35.7 Å². The van der Waals surface area contributed by atoms with Gasteiger partial charge in [-0.1, -0.05) is 11.3 Å². The second-order valence-electron chi connectivity index (χ2n) is 4.89. The molecule has 0 fully saturated rings. The number of carboxylic acids is 1. The summed E-state index contributed by atoms with van der Waals surface area (Å²) < 4.78 is 1.56. The highest BCUT2D eigenvalue weighted by atomic mass is 32.1. The quantitative estimate of drug-likeness (QED) is 0.802. The highest BCUT2D eigenvalue weighted by molar-refractivity contribution is 7.13. The lowest BCUT2D eigenvalue weighted by Gasteiger charge is -2.13. The number of hydrogen-bond acceptors (Lipinski definition) is 5. The zero-order valence-corrected chi connectivity index (χ0v) is 12.9. The fourth-order valence-corrected chi connectivity index (χ4v) is 2.89. The van der Waals surface area contributed by atoms with Crippen LogP contribution in [0.1, 0.15) is 10.5 Å². The van der Waals surface area contributed by atoms with E-state index in [1.807, 2.05) is 60.8 Å². The molecular formula is C15H14N4O2S. The Labute approximate surface area is 131 Å². The van der Waals surface area contributed by atoms with E-state index >= 15 is 0 Å². The van der Waals surface area contributed by atoms with Crippen molar-refractivity contribution in [2.75, 3.05) is 19.0 Å². The lowest BCUT2D eigenvalue weighted by molar-refractivity contribution is 0.0691. The molecule has 0 unspecified atom stereocenters. The summed E-state index contributed by atoms with van der Waals surface area (Å²) in [6.07, 6.45) is 0. The van der Waals surface area contributed by atoms with Crippen LogP contribution in [0.15, 0.2) is 41.8 Å². The molecule has 1 N–H and O–H groups in total. The van der Waals surface area contributed by atoms with Crippen molar-refractivity contribution in [1.82, 2.24) is 15.0 Å². The fourth-order valence-electron chi connectivity index (χ4n) is 2.13. The Kier molecular flexibility index (Phi) is 3.64. The van der Waals surface area contributed by atoms with E-state index in [2.05, 4.69) is 10.3 Å². The standard InChI is InChI=1S/C15H14N4O2S/c1-18(2)10-5-7-11(8-6-10)19-14(12-4-3-9-22-12)13(15(20)21)16-17-19/h3-9H,1-2H3,(H,20,21). The Hall–Kier alpha value is -2.67. The van der Waals surface area contributed by atoms with E-state index in [-0.39, 0.29) is 5.69 Å². The van der Waals surface area contributed by atoms with Gasteiger partial charge in [-0.25, -0.2) is 9.48 Å². The topological polar surface area (TPSA) is 71.2 Å². The molecule has 2 heterocycles. The first-order valence-electron chi connectivity index (χ1n) is 6.58. The second-order valence-corrected chi connectivity index (χ2v) is 5.84. The molecule has 22 heavy (non-hydrogen) atoms. The summed E-state index contributed by atoms with van der Waals surface area (Å²) in [6, 6.07) is 11.4. The minimum atomic E-state index is -1.08. The van der Waals surface area contributed by atoms with Crippen LogP contribution >= 0.6 is 11.3 Å². The Bertz CT molecular complexity index is 792. The number of thiophene rings is 1. The summed E-state index contributed by atoms with van der Waals surface area (Å²) in [5, 5.41) is 19.1. The molecule has 0 aliphatic carbocycles. The van der Waals surface area contributed by atoms with Crippen molar-refractivity contribution in [2.24, 2.45) is 0 Å². The van der Waals surface area contributed by atoms with Gasteiger partial charge in [-0.2, -0.15) is 0 Å². The number of carboxylic acid groups (broad SMARTS) is 1. The molecular weight excluding hydrogens is 300 g/mol. The van der Waals surface area contributed by atoms with Gasteiger partial charge >= 0.3 is 5.97 Å². The van der Waals surface area contributed by atoms with E-state index in [1.165, 1.54) is 11.3 Å². The van der Waals surface area contributed by atoms with Crippen molar-refractivity contribution in [3.8, 4) is 16.3 Å². The third-order valence-corrected chi connectivity index (χ3v) is 4.11. The lowest BCUT2D eigenvalue weighted by Crippen LogP contribution is -2.08. The molecule has 0 radical (unpaired) electrons. The lowest BCUT2D eigenvalue weighted by atomic mass is 10.2. The Morgan fingerprint density at radius 2 is 1.95 bits per heavy atom. The van der Waals surface area contributed by atoms with Crippen molar-refractivity contribution >= 4 is 23.0 Å². The number of aromatic carboxylic acids is 1. The molecule has 7 heteroatoms. The number of aromatic nitrogens is 3. The van der Waals surface area contributed by atoms with Gasteiger partial charge in [-0.15, -0.1) is 16.4 Å². The Morgan fingerprint density at radius 1 is 1.23 bits per heavy atom. The number of anilines is 1. The maximum absolute atomic E-state index is 11.4. The van der Waals surface area contributed by atoms with Crippen LogP contribution in [0.25, 0.3) is 16.3 Å². The van der Waals surface area contributed by atoms with Crippen molar-refractivity contribution in [2.45, 2.75) is 0 Å². The minimum Gasteiger partial charge on any atom is -0.476 e. The van der Waals surface area contributed by atoms with Gasteiger partial charge in [0, 0.05) is 19.8 Å². The van der Waals surface area contributed by atoms with Crippen molar-refractivity contribution in [3.63, 3.8) is 0 Å². The SMILES string of the molecule is CN(C)c1ccc(-n2nnc(C(=O)O)c2-c2cccs2)cc1. The molecule has 3 aromatic rings. The molecule has 2 aromatic heterocycles. The molecule has 0 atom stereocenters. The van der Waals surface area contributed by atoms with Crippen LogP contribution in [0.2, 0.25) is 0 Å². The zero-order valence-electron chi connectivity index (χ0n) is 12.1. The fraction of sp³-hybridized carbons (Fsp3) is 0.133. The summed E-state index contributed by atoms with van der Waals surface area (Å²) in [5.74, 6) is -1.08. The molecule has 0 amide bonds. The van der Waals surface area contributed by atoms with E-state index in [0.29, 0.717) is 5.69 Å². The molecule has 0 saturated carbocycles. The first-order valence-corrected chi connectivity index (χ1v) is 7.46. The Morgan fingerprint density at radius 3 is 2.50 bits per heavy atom. The number of benzene rings is 1. The molecule has 0 aliphatic rings. The van der Waals surface area contributed by atoms with Crippen LogP contribution in [-0.2, 0) is 0 Å². The maximum atomic E-state index is 11.4. The van der Waals surface area contributed by atoms with Gasteiger partial charge in [0.1, 0.15) is 5.69 Å². The first kappa shape index (κ1) is 14.3. The van der Waals surface area contributed by atoms with Gasteiger partial charge in [0.25, 0.3) is 0 Å². The predicted octanol–water partition coefficient (Wildman–Crippen LogP) is 2.76. The monoisotopic (exact) mass is 314 g/mol. The van der Waals surface area contributed by atoms with E-state index < -0.39 is 5.97 Å². The van der Waals surface area contributed by atoms with E-state index in [9.17, 15) is 9.90 Å². The molecule has 0 spiro atoms. The number of carbonyl (C=O) groups is 1. The van der Waals surface area contributed by atoms with E-state index in [1.54, 1.807) is 4.68 Å². The maximum Gasteiger partial charge on any atom is 0.358 e. The predicted molar refractivity (Wildman–Crippen MR) is 86.0 cm³/mol. The summed E-state index contributed by atoms with van der Waals surface area (Å²) in [6.45, 7) is 0. The minimum absolute atomic E-state index is 0.0425. The molecule has 6 nitrogen and oxygen atoms in total. The van der Waals surface area contributed by atoms with E-state index in [4.69, 9.17) is 0 Å². The van der Waals surface area contributed by atoms with Crippen LogP contribution in [0.5, 0.6) is 0 Å². The smallest absolute Gasteiger partial charge is 0.358 e. The van der Waals surface area contributed by atoms with Gasteiger partial charge in [0.2, 0.25) is 0 Å². The number of nitrogens with zero attached hydrogens (tertiary/aromatic N) is 4. The van der Waals surface area contributed by atoms with Crippen molar-refractivity contribution < 1.29 is 9.90 Å². The normalized spacial score (nSPS) is 10.6. The average Bonchev–Trinajstić information content (AvgIpc) is 3.16. The van der Waals surface area contributed by atoms with Crippen LogP contribution in [0.3, 0.4) is 0 Å². The largest absolute Gasteiger partial charge is 0.476 e. The molecule has 0 bridgehead atoms.